The number of rotatable bonds is 4. The number of benzene rings is 1. The molecular formula is C18H24BrN. The van der Waals surface area contributed by atoms with Gasteiger partial charge in [0.15, 0.2) is 0 Å². The van der Waals surface area contributed by atoms with Crippen molar-refractivity contribution < 1.29 is 0 Å². The summed E-state index contributed by atoms with van der Waals surface area (Å²) in [4.78, 5) is 0. The minimum Gasteiger partial charge on any atom is -0.384 e. The highest BCUT2D eigenvalue weighted by Crippen LogP contribution is 2.61. The van der Waals surface area contributed by atoms with Gasteiger partial charge in [0.2, 0.25) is 0 Å². The molecule has 1 N–H and O–H groups in total. The average molecular weight is 334 g/mol. The monoisotopic (exact) mass is 333 g/mol. The molecule has 0 amide bonds. The van der Waals surface area contributed by atoms with Crippen LogP contribution in [0.3, 0.4) is 0 Å². The number of nitrogens with one attached hydrogen (secondary N) is 1. The molecule has 2 heteroatoms. The zero-order valence-electron chi connectivity index (χ0n) is 12.1. The number of para-hydroxylation sites is 1. The van der Waals surface area contributed by atoms with E-state index in [1.54, 1.807) is 19.3 Å². The zero-order chi connectivity index (χ0) is 13.6. The zero-order valence-corrected chi connectivity index (χ0v) is 13.7. The molecule has 0 heterocycles. The Bertz CT molecular complexity index is 461. The molecule has 4 aliphatic rings. The highest BCUT2D eigenvalue weighted by atomic mass is 79.9. The maximum atomic E-state index is 3.64. The lowest BCUT2D eigenvalue weighted by molar-refractivity contribution is -0.0552. The van der Waals surface area contributed by atoms with Crippen molar-refractivity contribution in [1.82, 2.24) is 0 Å². The third-order valence-electron chi connectivity index (χ3n) is 6.01. The van der Waals surface area contributed by atoms with Crippen molar-refractivity contribution in [3.63, 3.8) is 0 Å². The lowest BCUT2D eigenvalue weighted by Crippen LogP contribution is -2.46. The van der Waals surface area contributed by atoms with E-state index in [4.69, 9.17) is 0 Å². The van der Waals surface area contributed by atoms with Crippen molar-refractivity contribution in [3.8, 4) is 0 Å². The minimum atomic E-state index is 0.697. The number of anilines is 1. The Hall–Kier alpha value is -0.500. The van der Waals surface area contributed by atoms with Crippen LogP contribution in [0.4, 0.5) is 5.69 Å². The highest BCUT2D eigenvalue weighted by molar-refractivity contribution is 9.10. The van der Waals surface area contributed by atoms with Crippen LogP contribution < -0.4 is 5.32 Å². The maximum absolute atomic E-state index is 3.64. The molecule has 1 nitrogen and oxygen atoms in total. The van der Waals surface area contributed by atoms with Crippen LogP contribution in [0.2, 0.25) is 0 Å². The van der Waals surface area contributed by atoms with Gasteiger partial charge in [-0.2, -0.15) is 0 Å². The summed E-state index contributed by atoms with van der Waals surface area (Å²) in [6.07, 6.45) is 10.6. The van der Waals surface area contributed by atoms with Crippen molar-refractivity contribution >= 4 is 21.6 Å². The topological polar surface area (TPSA) is 12.0 Å². The Morgan fingerprint density at radius 3 is 2.20 bits per heavy atom. The Kier molecular flexibility index (Phi) is 3.33. The fraction of sp³-hybridized carbons (Fsp3) is 0.667. The molecule has 4 aliphatic carbocycles. The molecular weight excluding hydrogens is 310 g/mol. The van der Waals surface area contributed by atoms with Crippen molar-refractivity contribution in [2.75, 3.05) is 11.9 Å². The summed E-state index contributed by atoms with van der Waals surface area (Å²) in [5.41, 5.74) is 1.94. The van der Waals surface area contributed by atoms with Gasteiger partial charge in [0.25, 0.3) is 0 Å². The van der Waals surface area contributed by atoms with Gasteiger partial charge in [-0.25, -0.2) is 0 Å². The summed E-state index contributed by atoms with van der Waals surface area (Å²) in [5, 5.41) is 3.64. The third kappa shape index (κ3) is 2.41. The van der Waals surface area contributed by atoms with Crippen LogP contribution in [0, 0.1) is 23.2 Å². The van der Waals surface area contributed by atoms with Crippen LogP contribution in [-0.4, -0.2) is 6.54 Å². The fourth-order valence-corrected chi connectivity index (χ4v) is 6.09. The first-order chi connectivity index (χ1) is 9.72. The maximum Gasteiger partial charge on any atom is 0.0484 e. The van der Waals surface area contributed by atoms with Crippen LogP contribution in [0.5, 0.6) is 0 Å². The average Bonchev–Trinajstić information content (AvgIpc) is 2.39. The smallest absolute Gasteiger partial charge is 0.0484 e. The molecule has 0 atom stereocenters. The molecule has 4 saturated carbocycles. The Balaban J connectivity index is 1.39. The normalized spacial score (nSPS) is 38.1. The number of halogens is 1. The predicted octanol–water partition coefficient (Wildman–Crippen LogP) is 5.47. The predicted molar refractivity (Wildman–Crippen MR) is 87.9 cm³/mol. The summed E-state index contributed by atoms with van der Waals surface area (Å²) < 4.78 is 1.19. The molecule has 0 saturated heterocycles. The van der Waals surface area contributed by atoms with Gasteiger partial charge >= 0.3 is 0 Å². The lowest BCUT2D eigenvalue weighted by atomic mass is 9.49. The SMILES string of the molecule is Brc1ccccc1NCCC12CC3CC(CC(C3)C1)C2. The van der Waals surface area contributed by atoms with E-state index in [0.29, 0.717) is 5.41 Å². The molecule has 1 aromatic rings. The van der Waals surface area contributed by atoms with Crippen molar-refractivity contribution in [2.45, 2.75) is 44.9 Å². The van der Waals surface area contributed by atoms with Gasteiger partial charge in [-0.15, -0.1) is 0 Å². The molecule has 20 heavy (non-hydrogen) atoms. The molecule has 5 rings (SSSR count). The van der Waals surface area contributed by atoms with Gasteiger partial charge in [0.05, 0.1) is 0 Å². The van der Waals surface area contributed by atoms with Crippen LogP contribution >= 0.6 is 15.9 Å². The van der Waals surface area contributed by atoms with E-state index >= 15 is 0 Å². The summed E-state index contributed by atoms with van der Waals surface area (Å²) in [6.45, 7) is 1.13. The Labute approximate surface area is 130 Å². The molecule has 108 valence electrons. The van der Waals surface area contributed by atoms with Gasteiger partial charge in [-0.3, -0.25) is 0 Å². The fourth-order valence-electron chi connectivity index (χ4n) is 5.66. The van der Waals surface area contributed by atoms with E-state index in [1.165, 1.54) is 35.8 Å². The van der Waals surface area contributed by atoms with Gasteiger partial charge in [-0.1, -0.05) is 12.1 Å². The first kappa shape index (κ1) is 13.2. The molecule has 0 aliphatic heterocycles. The van der Waals surface area contributed by atoms with E-state index in [0.717, 1.165) is 24.3 Å². The molecule has 4 fully saturated rings. The van der Waals surface area contributed by atoms with Crippen molar-refractivity contribution in [1.29, 1.82) is 0 Å². The van der Waals surface area contributed by atoms with Crippen LogP contribution in [0.25, 0.3) is 0 Å². The summed E-state index contributed by atoms with van der Waals surface area (Å²) >= 11 is 3.63. The standard InChI is InChI=1S/C18H24BrN/c19-16-3-1-2-4-17(16)20-6-5-18-10-13-7-14(11-18)9-15(8-13)12-18/h1-4,13-15,20H,5-12H2. The second-order valence-corrected chi connectivity index (χ2v) is 8.43. The van der Waals surface area contributed by atoms with Gasteiger partial charge < -0.3 is 5.32 Å². The van der Waals surface area contributed by atoms with Gasteiger partial charge in [-0.05, 0) is 96.2 Å². The third-order valence-corrected chi connectivity index (χ3v) is 6.70. The summed E-state index contributed by atoms with van der Waals surface area (Å²) in [6, 6.07) is 8.48. The van der Waals surface area contributed by atoms with Gasteiger partial charge in [0, 0.05) is 16.7 Å². The minimum absolute atomic E-state index is 0.697. The number of hydrogen-bond acceptors (Lipinski definition) is 1. The first-order valence-electron chi connectivity index (χ1n) is 8.21. The Morgan fingerprint density at radius 1 is 1.00 bits per heavy atom. The van der Waals surface area contributed by atoms with Crippen LogP contribution in [0.1, 0.15) is 44.9 Å². The molecule has 0 aromatic heterocycles. The molecule has 1 aromatic carbocycles. The second kappa shape index (κ2) is 5.05. The molecule has 0 radical (unpaired) electrons. The highest BCUT2D eigenvalue weighted by Gasteiger charge is 2.50. The second-order valence-electron chi connectivity index (χ2n) is 7.57. The van der Waals surface area contributed by atoms with E-state index in [2.05, 4.69) is 45.5 Å². The van der Waals surface area contributed by atoms with E-state index in [-0.39, 0.29) is 0 Å². The lowest BCUT2D eigenvalue weighted by Gasteiger charge is -2.57. The summed E-state index contributed by atoms with van der Waals surface area (Å²) in [7, 11) is 0. The molecule has 0 spiro atoms. The Morgan fingerprint density at radius 2 is 1.60 bits per heavy atom. The molecule has 0 unspecified atom stereocenters. The van der Waals surface area contributed by atoms with Gasteiger partial charge in [0.1, 0.15) is 0 Å². The van der Waals surface area contributed by atoms with Crippen molar-refractivity contribution in [2.24, 2.45) is 23.2 Å². The largest absolute Gasteiger partial charge is 0.384 e. The van der Waals surface area contributed by atoms with E-state index < -0.39 is 0 Å². The van der Waals surface area contributed by atoms with E-state index in [1.807, 2.05) is 0 Å². The number of hydrogen-bond donors (Lipinski definition) is 1. The van der Waals surface area contributed by atoms with E-state index in [9.17, 15) is 0 Å². The summed E-state index contributed by atoms with van der Waals surface area (Å²) in [5.74, 6) is 3.22. The van der Waals surface area contributed by atoms with Crippen LogP contribution in [0.15, 0.2) is 28.7 Å². The molecule has 4 bridgehead atoms. The van der Waals surface area contributed by atoms with Crippen molar-refractivity contribution in [3.05, 3.63) is 28.7 Å². The quantitative estimate of drug-likeness (QED) is 0.770. The van der Waals surface area contributed by atoms with Crippen LogP contribution in [-0.2, 0) is 0 Å². The first-order valence-corrected chi connectivity index (χ1v) is 9.00.